The Labute approximate surface area is 320 Å². The van der Waals surface area contributed by atoms with Gasteiger partial charge in [0.2, 0.25) is 0 Å². The van der Waals surface area contributed by atoms with Crippen molar-refractivity contribution in [1.29, 1.82) is 0 Å². The van der Waals surface area contributed by atoms with E-state index in [0.29, 0.717) is 0 Å². The summed E-state index contributed by atoms with van der Waals surface area (Å²) in [5, 5.41) is 0. The van der Waals surface area contributed by atoms with Crippen molar-refractivity contribution in [3.8, 4) is 0 Å². The minimum Gasteiger partial charge on any atom is -0.324 e. The van der Waals surface area contributed by atoms with E-state index in [1.54, 1.807) is 0 Å². The van der Waals surface area contributed by atoms with Crippen LogP contribution in [0.5, 0.6) is 0 Å². The fourth-order valence-corrected chi connectivity index (χ4v) is 9.42. The second-order valence-electron chi connectivity index (χ2n) is 17.4. The molecule has 0 aromatic heterocycles. The predicted octanol–water partition coefficient (Wildman–Crippen LogP) is 16.0. The molecule has 0 radical (unpaired) electrons. The van der Waals surface area contributed by atoms with Crippen LogP contribution in [0.1, 0.15) is 260 Å². The summed E-state index contributed by atoms with van der Waals surface area (Å²) in [5.41, 5.74) is 0. The molecule has 0 atom stereocenters. The van der Waals surface area contributed by atoms with Gasteiger partial charge in [-0.25, -0.2) is 0 Å². The second-order valence-corrected chi connectivity index (χ2v) is 17.4. The number of rotatable bonds is 43. The third-order valence-corrected chi connectivity index (χ3v) is 12.3. The summed E-state index contributed by atoms with van der Waals surface area (Å²) >= 11 is 0. The van der Waals surface area contributed by atoms with E-state index in [1.807, 2.05) is 0 Å². The molecule has 0 spiro atoms. The molecule has 0 aliphatic rings. The molecule has 0 heterocycles. The topological polar surface area (TPSA) is 0 Å². The normalized spacial score (nSPS) is 12.4. The molecule has 0 saturated heterocycles. The van der Waals surface area contributed by atoms with Crippen molar-refractivity contribution < 1.29 is 8.97 Å². The maximum absolute atomic E-state index is 2.44. The molecule has 2 nitrogen and oxygen atoms in total. The molecule has 0 aliphatic carbocycles. The lowest BCUT2D eigenvalue weighted by Crippen LogP contribution is -2.52. The van der Waals surface area contributed by atoms with Gasteiger partial charge in [0.1, 0.15) is 0 Å². The Morgan fingerprint density at radius 3 is 0.500 bits per heavy atom. The van der Waals surface area contributed by atoms with Gasteiger partial charge < -0.3 is 8.97 Å². The fraction of sp³-hybridized carbons (Fsp3) is 1.00. The van der Waals surface area contributed by atoms with Gasteiger partial charge in [-0.15, -0.1) is 0 Å². The number of quaternary nitrogens is 2. The van der Waals surface area contributed by atoms with Gasteiger partial charge in [0.15, 0.2) is 0 Å². The quantitative estimate of drug-likeness (QED) is 0.0437. The van der Waals surface area contributed by atoms with Gasteiger partial charge in [0.25, 0.3) is 0 Å². The van der Waals surface area contributed by atoms with Crippen LogP contribution in [0, 0.1) is 0 Å². The third kappa shape index (κ3) is 30.4. The highest BCUT2D eigenvalue weighted by atomic mass is 15.4. The fourth-order valence-electron chi connectivity index (χ4n) is 9.42. The Morgan fingerprint density at radius 2 is 0.320 bits per heavy atom. The smallest absolute Gasteiger partial charge is 0.0788 e. The molecule has 302 valence electrons. The number of hydrogen-bond donors (Lipinski definition) is 0. The maximum Gasteiger partial charge on any atom is 0.0788 e. The van der Waals surface area contributed by atoms with Gasteiger partial charge in [-0.3, -0.25) is 0 Å². The summed E-state index contributed by atoms with van der Waals surface area (Å²) in [6.45, 7) is 25.8. The van der Waals surface area contributed by atoms with E-state index < -0.39 is 0 Å². The number of hydrogen-bond acceptors (Lipinski definition) is 0. The molecule has 0 unspecified atom stereocenters. The second kappa shape index (κ2) is 38.6. The van der Waals surface area contributed by atoms with Crippen molar-refractivity contribution in [3.63, 3.8) is 0 Å². The average molecular weight is 707 g/mol. The first-order chi connectivity index (χ1) is 24.6. The highest BCUT2D eigenvalue weighted by Gasteiger charge is 2.28. The first-order valence-electron chi connectivity index (χ1n) is 24.3. The first-order valence-corrected chi connectivity index (χ1v) is 24.3. The summed E-state index contributed by atoms with van der Waals surface area (Å²) in [6.07, 6.45) is 49.3. The Hall–Kier alpha value is -0.0800. The van der Waals surface area contributed by atoms with Crippen LogP contribution in [0.15, 0.2) is 0 Å². The molecule has 0 N–H and O–H groups in total. The van der Waals surface area contributed by atoms with Crippen LogP contribution in [-0.4, -0.2) is 61.3 Å². The van der Waals surface area contributed by atoms with Gasteiger partial charge in [-0.05, 0) is 51.4 Å². The molecule has 2 heteroatoms. The summed E-state index contributed by atoms with van der Waals surface area (Å²) in [7, 11) is 0. The molecule has 0 aromatic rings. The standard InChI is InChI=1S/C48H102N2/c1-7-13-15-17-19-21-23-25-27-29-31-33-35-37-45-49(41-9-3,42-10-4)47-39-40-48-50(43-11-5,44-12-6)46-38-36-34-32-30-28-26-24-22-20-18-16-14-8-2/h7-48H2,1-6H3/q+2. The lowest BCUT2D eigenvalue weighted by atomic mass is 10.0. The SMILES string of the molecule is CCCCCCCCCCCCCCCC[N+](CCC)(CCC)CCCC[N+](CCC)(CCC)CCCCCCCCCCCCCCCC. The average Bonchev–Trinajstić information content (AvgIpc) is 3.11. The molecule has 0 aromatic carbocycles. The summed E-state index contributed by atoms with van der Waals surface area (Å²) in [4.78, 5) is 0. The van der Waals surface area contributed by atoms with Crippen LogP contribution in [-0.2, 0) is 0 Å². The molecule has 0 amide bonds. The van der Waals surface area contributed by atoms with Crippen molar-refractivity contribution >= 4 is 0 Å². The lowest BCUT2D eigenvalue weighted by molar-refractivity contribution is -0.934. The Balaban J connectivity index is 4.38. The van der Waals surface area contributed by atoms with E-state index in [2.05, 4.69) is 41.5 Å². The highest BCUT2D eigenvalue weighted by Crippen LogP contribution is 2.21. The van der Waals surface area contributed by atoms with Crippen molar-refractivity contribution in [1.82, 2.24) is 0 Å². The zero-order valence-electron chi connectivity index (χ0n) is 36.6. The van der Waals surface area contributed by atoms with Gasteiger partial charge in [0, 0.05) is 12.8 Å². The Morgan fingerprint density at radius 1 is 0.160 bits per heavy atom. The van der Waals surface area contributed by atoms with Crippen LogP contribution in [0.4, 0.5) is 0 Å². The van der Waals surface area contributed by atoms with Crippen LogP contribution in [0.2, 0.25) is 0 Å². The van der Waals surface area contributed by atoms with Crippen molar-refractivity contribution in [2.24, 2.45) is 0 Å². The van der Waals surface area contributed by atoms with E-state index in [0.717, 1.165) is 0 Å². The lowest BCUT2D eigenvalue weighted by Gasteiger charge is -2.41. The van der Waals surface area contributed by atoms with E-state index in [4.69, 9.17) is 0 Å². The van der Waals surface area contributed by atoms with Crippen molar-refractivity contribution in [2.45, 2.75) is 260 Å². The molecule has 0 fully saturated rings. The zero-order valence-corrected chi connectivity index (χ0v) is 36.6. The summed E-state index contributed by atoms with van der Waals surface area (Å²) < 4.78 is 2.84. The molecule has 0 aliphatic heterocycles. The third-order valence-electron chi connectivity index (χ3n) is 12.3. The molecular weight excluding hydrogens is 605 g/mol. The minimum atomic E-state index is 1.35. The van der Waals surface area contributed by atoms with Gasteiger partial charge >= 0.3 is 0 Å². The van der Waals surface area contributed by atoms with Crippen LogP contribution >= 0.6 is 0 Å². The van der Waals surface area contributed by atoms with Crippen LogP contribution < -0.4 is 0 Å². The largest absolute Gasteiger partial charge is 0.324 e. The molecular formula is C48H102N2+2. The minimum absolute atomic E-state index is 1.35. The van der Waals surface area contributed by atoms with Crippen molar-refractivity contribution in [2.75, 3.05) is 52.4 Å². The number of nitrogens with zero attached hydrogens (tertiary/aromatic N) is 2. The zero-order chi connectivity index (χ0) is 36.7. The van der Waals surface area contributed by atoms with E-state index >= 15 is 0 Å². The van der Waals surface area contributed by atoms with Crippen molar-refractivity contribution in [3.05, 3.63) is 0 Å². The van der Waals surface area contributed by atoms with Gasteiger partial charge in [0.05, 0.1) is 52.4 Å². The van der Waals surface area contributed by atoms with Gasteiger partial charge in [-0.2, -0.15) is 0 Å². The van der Waals surface area contributed by atoms with Crippen LogP contribution in [0.3, 0.4) is 0 Å². The highest BCUT2D eigenvalue weighted by molar-refractivity contribution is 4.55. The first kappa shape index (κ1) is 49.9. The predicted molar refractivity (Wildman–Crippen MR) is 230 cm³/mol. The van der Waals surface area contributed by atoms with E-state index in [-0.39, 0.29) is 0 Å². The monoisotopic (exact) mass is 707 g/mol. The Kier molecular flexibility index (Phi) is 38.6. The molecule has 0 bridgehead atoms. The van der Waals surface area contributed by atoms with E-state index in [9.17, 15) is 0 Å². The molecule has 0 saturated carbocycles. The summed E-state index contributed by atoms with van der Waals surface area (Å²) in [6, 6.07) is 0. The Bertz CT molecular complexity index is 564. The maximum atomic E-state index is 2.44. The molecule has 50 heavy (non-hydrogen) atoms. The van der Waals surface area contributed by atoms with Gasteiger partial charge in [-0.1, -0.05) is 196 Å². The number of unbranched alkanes of at least 4 members (excludes halogenated alkanes) is 27. The van der Waals surface area contributed by atoms with Crippen LogP contribution in [0.25, 0.3) is 0 Å². The van der Waals surface area contributed by atoms with E-state index in [1.165, 1.54) is 280 Å². The summed E-state index contributed by atoms with van der Waals surface area (Å²) in [5.74, 6) is 0. The molecule has 0 rings (SSSR count).